The molecule has 54 valence electrons. The molecule has 0 radical (unpaired) electrons. The molecule has 0 heterocycles. The van der Waals surface area contributed by atoms with Crippen molar-refractivity contribution in [1.82, 2.24) is 0 Å². The summed E-state index contributed by atoms with van der Waals surface area (Å²) in [7, 11) is 0. The van der Waals surface area contributed by atoms with Crippen LogP contribution >= 0.6 is 0 Å². The lowest BCUT2D eigenvalue weighted by molar-refractivity contribution is 0.143. The van der Waals surface area contributed by atoms with Crippen LogP contribution in [-0.2, 0) is 4.74 Å². The minimum Gasteiger partial charge on any atom is -0.382 e. The first-order valence-corrected chi connectivity index (χ1v) is 3.27. The van der Waals surface area contributed by atoms with Crippen LogP contribution < -0.4 is 5.73 Å². The molecule has 0 aliphatic heterocycles. The molecule has 0 aromatic rings. The van der Waals surface area contributed by atoms with Gasteiger partial charge >= 0.3 is 0 Å². The van der Waals surface area contributed by atoms with Gasteiger partial charge in [0.25, 0.3) is 0 Å². The van der Waals surface area contributed by atoms with Crippen LogP contribution in [0, 0.1) is 0 Å². The fourth-order valence-corrected chi connectivity index (χ4v) is 0.482. The van der Waals surface area contributed by atoms with Crippen LogP contribution in [0.5, 0.6) is 0 Å². The molecule has 2 N–H and O–H groups in total. The van der Waals surface area contributed by atoms with Crippen molar-refractivity contribution in [2.24, 2.45) is 5.73 Å². The Bertz CT molecular complexity index is 73.3. The molecule has 0 aliphatic carbocycles. The normalized spacial score (nSPS) is 13.1. The molecule has 0 rings (SSSR count). The second-order valence-electron chi connectivity index (χ2n) is 1.89. The van der Waals surface area contributed by atoms with Crippen molar-refractivity contribution in [1.29, 1.82) is 0 Å². The molecule has 0 aliphatic rings. The lowest BCUT2D eigenvalue weighted by atomic mass is 10.2. The second-order valence-corrected chi connectivity index (χ2v) is 1.89. The number of ether oxygens (including phenoxy) is 1. The maximum Gasteiger partial charge on any atom is 0.0483 e. The SMILES string of the molecule is C=CC(N)CCOCC. The molecule has 0 amide bonds. The van der Waals surface area contributed by atoms with Gasteiger partial charge in [0.15, 0.2) is 0 Å². The van der Waals surface area contributed by atoms with Crippen LogP contribution in [0.25, 0.3) is 0 Å². The van der Waals surface area contributed by atoms with Crippen molar-refractivity contribution in [3.8, 4) is 0 Å². The second kappa shape index (κ2) is 5.79. The quantitative estimate of drug-likeness (QED) is 0.442. The summed E-state index contributed by atoms with van der Waals surface area (Å²) in [6.45, 7) is 7.04. The van der Waals surface area contributed by atoms with Gasteiger partial charge in [-0.3, -0.25) is 0 Å². The van der Waals surface area contributed by atoms with Gasteiger partial charge in [-0.25, -0.2) is 0 Å². The number of rotatable bonds is 5. The zero-order valence-corrected chi connectivity index (χ0v) is 5.97. The molecule has 0 spiro atoms. The average molecular weight is 129 g/mol. The van der Waals surface area contributed by atoms with Gasteiger partial charge in [0, 0.05) is 19.3 Å². The predicted molar refractivity (Wildman–Crippen MR) is 39.3 cm³/mol. The fourth-order valence-electron chi connectivity index (χ4n) is 0.482. The summed E-state index contributed by atoms with van der Waals surface area (Å²) in [6.07, 6.45) is 2.61. The van der Waals surface area contributed by atoms with Crippen molar-refractivity contribution >= 4 is 0 Å². The zero-order chi connectivity index (χ0) is 7.11. The molecule has 0 saturated carbocycles. The molecule has 0 fully saturated rings. The van der Waals surface area contributed by atoms with Gasteiger partial charge in [0.05, 0.1) is 0 Å². The van der Waals surface area contributed by atoms with Crippen LogP contribution in [0.4, 0.5) is 0 Å². The van der Waals surface area contributed by atoms with E-state index in [1.165, 1.54) is 0 Å². The van der Waals surface area contributed by atoms with Crippen LogP contribution in [0.1, 0.15) is 13.3 Å². The third-order valence-corrected chi connectivity index (χ3v) is 1.10. The highest BCUT2D eigenvalue weighted by atomic mass is 16.5. The third kappa shape index (κ3) is 5.53. The topological polar surface area (TPSA) is 35.2 Å². The minimum absolute atomic E-state index is 0.0940. The predicted octanol–water partition coefficient (Wildman–Crippen LogP) is 0.926. The molecule has 1 unspecified atom stereocenters. The Morgan fingerprint density at radius 1 is 1.78 bits per heavy atom. The highest BCUT2D eigenvalue weighted by Crippen LogP contribution is 1.88. The summed E-state index contributed by atoms with van der Waals surface area (Å²) in [6, 6.07) is 0.0940. The Kier molecular flexibility index (Phi) is 5.57. The Morgan fingerprint density at radius 2 is 2.44 bits per heavy atom. The zero-order valence-electron chi connectivity index (χ0n) is 5.97. The van der Waals surface area contributed by atoms with E-state index < -0.39 is 0 Å². The third-order valence-electron chi connectivity index (χ3n) is 1.10. The molecule has 0 aromatic heterocycles. The van der Waals surface area contributed by atoms with E-state index >= 15 is 0 Å². The standard InChI is InChI=1S/C7H15NO/c1-3-7(8)5-6-9-4-2/h3,7H,1,4-6,8H2,2H3. The highest BCUT2D eigenvalue weighted by molar-refractivity contribution is 4.81. The number of nitrogens with two attached hydrogens (primary N) is 1. The number of hydrogen-bond donors (Lipinski definition) is 1. The van der Waals surface area contributed by atoms with Gasteiger partial charge in [0.1, 0.15) is 0 Å². The lowest BCUT2D eigenvalue weighted by Gasteiger charge is -2.04. The van der Waals surface area contributed by atoms with Crippen molar-refractivity contribution in [2.45, 2.75) is 19.4 Å². The molecule has 1 atom stereocenters. The minimum atomic E-state index is 0.0940. The van der Waals surface area contributed by atoms with Crippen LogP contribution in [-0.4, -0.2) is 19.3 Å². The van der Waals surface area contributed by atoms with Gasteiger partial charge in [-0.1, -0.05) is 6.08 Å². The van der Waals surface area contributed by atoms with E-state index in [9.17, 15) is 0 Å². The van der Waals surface area contributed by atoms with E-state index in [4.69, 9.17) is 10.5 Å². The molecule has 2 nitrogen and oxygen atoms in total. The molecule has 0 saturated heterocycles. The Balaban J connectivity index is 2.96. The Labute approximate surface area is 56.7 Å². The van der Waals surface area contributed by atoms with Crippen molar-refractivity contribution in [2.75, 3.05) is 13.2 Å². The summed E-state index contributed by atoms with van der Waals surface area (Å²) in [5, 5.41) is 0. The van der Waals surface area contributed by atoms with Crippen molar-refractivity contribution in [3.63, 3.8) is 0 Å². The maximum atomic E-state index is 5.52. The van der Waals surface area contributed by atoms with Gasteiger partial charge < -0.3 is 10.5 Å². The van der Waals surface area contributed by atoms with E-state index in [1.807, 2.05) is 6.92 Å². The molecular weight excluding hydrogens is 114 g/mol. The Hall–Kier alpha value is -0.340. The molecule has 0 bridgehead atoms. The average Bonchev–Trinajstić information content (AvgIpc) is 1.89. The van der Waals surface area contributed by atoms with Crippen molar-refractivity contribution in [3.05, 3.63) is 12.7 Å². The first kappa shape index (κ1) is 8.66. The van der Waals surface area contributed by atoms with Crippen molar-refractivity contribution < 1.29 is 4.74 Å². The smallest absolute Gasteiger partial charge is 0.0483 e. The summed E-state index contributed by atoms with van der Waals surface area (Å²) < 4.78 is 5.08. The Morgan fingerprint density at radius 3 is 2.89 bits per heavy atom. The summed E-state index contributed by atoms with van der Waals surface area (Å²) in [5.41, 5.74) is 5.52. The molecule has 9 heavy (non-hydrogen) atoms. The maximum absolute atomic E-state index is 5.52. The van der Waals surface area contributed by atoms with Crippen LogP contribution in [0.2, 0.25) is 0 Å². The van der Waals surface area contributed by atoms with Gasteiger partial charge in [-0.05, 0) is 13.3 Å². The van der Waals surface area contributed by atoms with E-state index in [2.05, 4.69) is 6.58 Å². The van der Waals surface area contributed by atoms with Gasteiger partial charge in [-0.2, -0.15) is 0 Å². The lowest BCUT2D eigenvalue weighted by Crippen LogP contribution is -2.18. The summed E-state index contributed by atoms with van der Waals surface area (Å²) in [5.74, 6) is 0. The number of hydrogen-bond acceptors (Lipinski definition) is 2. The van der Waals surface area contributed by atoms with Gasteiger partial charge in [0.2, 0.25) is 0 Å². The van der Waals surface area contributed by atoms with Crippen LogP contribution in [0.3, 0.4) is 0 Å². The molecular formula is C7H15NO. The monoisotopic (exact) mass is 129 g/mol. The van der Waals surface area contributed by atoms with E-state index in [-0.39, 0.29) is 6.04 Å². The first-order valence-electron chi connectivity index (χ1n) is 3.27. The van der Waals surface area contributed by atoms with Gasteiger partial charge in [-0.15, -0.1) is 6.58 Å². The molecule has 2 heteroatoms. The fraction of sp³-hybridized carbons (Fsp3) is 0.714. The summed E-state index contributed by atoms with van der Waals surface area (Å²) in [4.78, 5) is 0. The van der Waals surface area contributed by atoms with E-state index in [0.717, 1.165) is 19.6 Å². The van der Waals surface area contributed by atoms with E-state index in [1.54, 1.807) is 6.08 Å². The first-order chi connectivity index (χ1) is 4.31. The van der Waals surface area contributed by atoms with E-state index in [0.29, 0.717) is 0 Å². The highest BCUT2D eigenvalue weighted by Gasteiger charge is 1.93. The van der Waals surface area contributed by atoms with Crippen LogP contribution in [0.15, 0.2) is 12.7 Å². The molecule has 0 aromatic carbocycles. The largest absolute Gasteiger partial charge is 0.382 e. The summed E-state index contributed by atoms with van der Waals surface area (Å²) >= 11 is 0.